The molecule has 0 aliphatic carbocycles. The number of rotatable bonds is 14. The first-order valence-corrected chi connectivity index (χ1v) is 14.1. The third-order valence-corrected chi connectivity index (χ3v) is 7.03. The van der Waals surface area contributed by atoms with Gasteiger partial charge in [0.05, 0.1) is 19.7 Å². The number of likely N-dealkylation sites (N-methyl/N-ethyl adjacent to an activating group) is 1. The van der Waals surface area contributed by atoms with Crippen LogP contribution in [0.25, 0.3) is 22.0 Å². The SMILES string of the molecule is C=C(OC)/C(=C\CCCN(C)CCNC(=O)c1ccc(-c2ccc3ncnc(Nc4cccc(Cl)c4)c3c2)cc1)OC. The summed E-state index contributed by atoms with van der Waals surface area (Å²) in [6, 6.07) is 21.1. The highest BCUT2D eigenvalue weighted by Gasteiger charge is 2.10. The highest BCUT2D eigenvalue weighted by molar-refractivity contribution is 6.30. The molecule has 0 atom stereocenters. The number of methoxy groups -OCH3 is 2. The molecule has 4 rings (SSSR count). The van der Waals surface area contributed by atoms with Crippen LogP contribution in [0.5, 0.6) is 0 Å². The summed E-state index contributed by atoms with van der Waals surface area (Å²) in [6.45, 7) is 6.02. The van der Waals surface area contributed by atoms with E-state index in [1.807, 2.05) is 79.9 Å². The number of aromatic nitrogens is 2. The lowest BCUT2D eigenvalue weighted by molar-refractivity contribution is 0.0950. The number of benzene rings is 3. The molecular weight excluding hydrogens is 550 g/mol. The monoisotopic (exact) mass is 585 g/mol. The van der Waals surface area contributed by atoms with Gasteiger partial charge in [-0.1, -0.05) is 42.4 Å². The Morgan fingerprint density at radius 3 is 2.52 bits per heavy atom. The molecule has 0 fully saturated rings. The lowest BCUT2D eigenvalue weighted by Crippen LogP contribution is -2.33. The summed E-state index contributed by atoms with van der Waals surface area (Å²) < 4.78 is 10.4. The van der Waals surface area contributed by atoms with E-state index in [0.717, 1.165) is 53.6 Å². The lowest BCUT2D eigenvalue weighted by Gasteiger charge is -2.16. The maximum Gasteiger partial charge on any atom is 0.251 e. The Kier molecular flexibility index (Phi) is 10.9. The van der Waals surface area contributed by atoms with Crippen molar-refractivity contribution in [2.45, 2.75) is 12.8 Å². The predicted molar refractivity (Wildman–Crippen MR) is 170 cm³/mol. The molecule has 0 unspecified atom stereocenters. The van der Waals surface area contributed by atoms with Gasteiger partial charge in [-0.3, -0.25) is 4.79 Å². The molecule has 0 aliphatic rings. The quantitative estimate of drug-likeness (QED) is 0.0953. The molecule has 0 bridgehead atoms. The molecule has 0 saturated heterocycles. The number of carbonyl (C=O) groups is 1. The van der Waals surface area contributed by atoms with Crippen molar-refractivity contribution in [1.29, 1.82) is 0 Å². The number of ether oxygens (including phenoxy) is 2. The van der Waals surface area contributed by atoms with E-state index in [1.54, 1.807) is 14.2 Å². The Bertz CT molecular complexity index is 1560. The fourth-order valence-corrected chi connectivity index (χ4v) is 4.62. The number of carbonyl (C=O) groups excluding carboxylic acids is 1. The van der Waals surface area contributed by atoms with Gasteiger partial charge in [0, 0.05) is 34.7 Å². The van der Waals surface area contributed by atoms with Crippen LogP contribution in [0.1, 0.15) is 23.2 Å². The Morgan fingerprint density at radius 1 is 1.00 bits per heavy atom. The Balaban J connectivity index is 1.31. The first kappa shape index (κ1) is 30.6. The molecule has 2 N–H and O–H groups in total. The molecule has 4 aromatic rings. The summed E-state index contributed by atoms with van der Waals surface area (Å²) in [5, 5.41) is 7.88. The van der Waals surface area contributed by atoms with Crippen LogP contribution in [0.3, 0.4) is 0 Å². The second kappa shape index (κ2) is 15.0. The van der Waals surface area contributed by atoms with E-state index in [-0.39, 0.29) is 5.91 Å². The average Bonchev–Trinajstić information content (AvgIpc) is 3.01. The summed E-state index contributed by atoms with van der Waals surface area (Å²) in [5.74, 6) is 1.77. The Hall–Kier alpha value is -4.40. The van der Waals surface area contributed by atoms with Gasteiger partial charge in [-0.15, -0.1) is 0 Å². The predicted octanol–water partition coefficient (Wildman–Crippen LogP) is 6.83. The third-order valence-electron chi connectivity index (χ3n) is 6.80. The maximum atomic E-state index is 12.7. The van der Waals surface area contributed by atoms with Gasteiger partial charge >= 0.3 is 0 Å². The minimum atomic E-state index is -0.0967. The molecule has 1 heterocycles. The molecule has 0 radical (unpaired) electrons. The van der Waals surface area contributed by atoms with E-state index in [1.165, 1.54) is 6.33 Å². The molecule has 42 heavy (non-hydrogen) atoms. The van der Waals surface area contributed by atoms with E-state index < -0.39 is 0 Å². The Morgan fingerprint density at radius 2 is 1.79 bits per heavy atom. The van der Waals surface area contributed by atoms with Crippen molar-refractivity contribution in [2.75, 3.05) is 46.2 Å². The first-order valence-electron chi connectivity index (χ1n) is 13.7. The number of hydrogen-bond donors (Lipinski definition) is 2. The van der Waals surface area contributed by atoms with Gasteiger partial charge < -0.3 is 25.0 Å². The van der Waals surface area contributed by atoms with Gasteiger partial charge in [0.15, 0.2) is 11.5 Å². The number of unbranched alkanes of at least 4 members (excludes halogenated alkanes) is 1. The van der Waals surface area contributed by atoms with Gasteiger partial charge in [0.25, 0.3) is 5.91 Å². The number of anilines is 2. The molecule has 8 nitrogen and oxygen atoms in total. The van der Waals surface area contributed by atoms with Crippen LogP contribution in [0.4, 0.5) is 11.5 Å². The van der Waals surface area contributed by atoms with Crippen LogP contribution in [0.15, 0.2) is 97.2 Å². The minimum absolute atomic E-state index is 0.0967. The van der Waals surface area contributed by atoms with E-state index in [0.29, 0.717) is 34.5 Å². The smallest absolute Gasteiger partial charge is 0.251 e. The van der Waals surface area contributed by atoms with Crippen molar-refractivity contribution in [3.8, 4) is 11.1 Å². The summed E-state index contributed by atoms with van der Waals surface area (Å²) in [5.41, 5.74) is 4.28. The summed E-state index contributed by atoms with van der Waals surface area (Å²) in [6.07, 6.45) is 5.32. The van der Waals surface area contributed by atoms with Crippen molar-refractivity contribution in [2.24, 2.45) is 0 Å². The molecule has 1 aromatic heterocycles. The van der Waals surface area contributed by atoms with Crippen molar-refractivity contribution < 1.29 is 14.3 Å². The van der Waals surface area contributed by atoms with Crippen LogP contribution >= 0.6 is 11.6 Å². The largest absolute Gasteiger partial charge is 0.494 e. The van der Waals surface area contributed by atoms with Crippen molar-refractivity contribution >= 4 is 39.9 Å². The number of halogens is 1. The molecule has 9 heteroatoms. The minimum Gasteiger partial charge on any atom is -0.494 e. The molecule has 218 valence electrons. The molecular formula is C33H36ClN5O3. The molecule has 0 aliphatic heterocycles. The number of amides is 1. The Labute approximate surface area is 252 Å². The van der Waals surface area contributed by atoms with Crippen LogP contribution in [0, 0.1) is 0 Å². The topological polar surface area (TPSA) is 88.6 Å². The molecule has 3 aromatic carbocycles. The third kappa shape index (κ3) is 8.31. The van der Waals surface area contributed by atoms with Crippen LogP contribution in [-0.4, -0.2) is 61.7 Å². The van der Waals surface area contributed by atoms with Crippen molar-refractivity contribution in [3.63, 3.8) is 0 Å². The highest BCUT2D eigenvalue weighted by Crippen LogP contribution is 2.29. The number of hydrogen-bond acceptors (Lipinski definition) is 7. The maximum absolute atomic E-state index is 12.7. The zero-order chi connectivity index (χ0) is 29.9. The van der Waals surface area contributed by atoms with Gasteiger partial charge in [0.2, 0.25) is 0 Å². The van der Waals surface area contributed by atoms with Crippen LogP contribution in [0.2, 0.25) is 5.02 Å². The highest BCUT2D eigenvalue weighted by atomic mass is 35.5. The second-order valence-electron chi connectivity index (χ2n) is 9.77. The van der Waals surface area contributed by atoms with E-state index in [9.17, 15) is 4.79 Å². The number of fused-ring (bicyclic) bond motifs is 1. The number of nitrogens with zero attached hydrogens (tertiary/aromatic N) is 3. The summed E-state index contributed by atoms with van der Waals surface area (Å²) in [4.78, 5) is 23.8. The second-order valence-corrected chi connectivity index (χ2v) is 10.2. The van der Waals surface area contributed by atoms with Gasteiger partial charge in [-0.2, -0.15) is 0 Å². The van der Waals surface area contributed by atoms with Crippen LogP contribution in [-0.2, 0) is 9.47 Å². The first-order chi connectivity index (χ1) is 20.4. The fraction of sp³-hybridized carbons (Fsp3) is 0.242. The van der Waals surface area contributed by atoms with Gasteiger partial charge in [-0.25, -0.2) is 9.97 Å². The van der Waals surface area contributed by atoms with Gasteiger partial charge in [0.1, 0.15) is 12.1 Å². The van der Waals surface area contributed by atoms with E-state index >= 15 is 0 Å². The lowest BCUT2D eigenvalue weighted by atomic mass is 10.0. The summed E-state index contributed by atoms with van der Waals surface area (Å²) >= 11 is 6.15. The fourth-order valence-electron chi connectivity index (χ4n) is 4.43. The van der Waals surface area contributed by atoms with Crippen LogP contribution < -0.4 is 10.6 Å². The average molecular weight is 586 g/mol. The van der Waals surface area contributed by atoms with Crippen molar-refractivity contribution in [1.82, 2.24) is 20.2 Å². The van der Waals surface area contributed by atoms with E-state index in [4.69, 9.17) is 21.1 Å². The number of nitrogens with one attached hydrogen (secondary N) is 2. The van der Waals surface area contributed by atoms with E-state index in [2.05, 4.69) is 32.1 Å². The number of allylic oxidation sites excluding steroid dienone is 1. The zero-order valence-electron chi connectivity index (χ0n) is 24.2. The van der Waals surface area contributed by atoms with Crippen molar-refractivity contribution in [3.05, 3.63) is 108 Å². The molecule has 1 amide bonds. The zero-order valence-corrected chi connectivity index (χ0v) is 24.9. The van der Waals surface area contributed by atoms with Gasteiger partial charge in [-0.05, 0) is 86.1 Å². The normalized spacial score (nSPS) is 11.4. The summed E-state index contributed by atoms with van der Waals surface area (Å²) in [7, 11) is 5.22. The molecule has 0 saturated carbocycles. The molecule has 0 spiro atoms. The standard InChI is InChI=1S/C33H36ClN5O3/c1-23(41-3)31(42-4)10-5-6-18-39(2)19-17-35-33(40)25-13-11-24(12-14-25)26-15-16-30-29(20-26)32(37-22-36-30)38-28-9-7-8-27(34)21-28/h7-16,20-22H,1,5-6,17-19H2,2-4H3,(H,35,40)(H,36,37,38)/b31-10+.